The highest BCUT2D eigenvalue weighted by Crippen LogP contribution is 2.44. The Labute approximate surface area is 126 Å². The molecular formula is C15H25NO4S. The van der Waals surface area contributed by atoms with Crippen molar-refractivity contribution in [3.63, 3.8) is 0 Å². The summed E-state index contributed by atoms with van der Waals surface area (Å²) in [5.74, 6) is 0.0664. The zero-order chi connectivity index (χ0) is 15.2. The van der Waals surface area contributed by atoms with Gasteiger partial charge in [-0.15, -0.1) is 0 Å². The Balaban J connectivity index is 1.77. The fourth-order valence-electron chi connectivity index (χ4n) is 4.85. The van der Waals surface area contributed by atoms with Gasteiger partial charge in [0.2, 0.25) is 0 Å². The summed E-state index contributed by atoms with van der Waals surface area (Å²) >= 11 is 0. The number of sulfone groups is 1. The zero-order valence-corrected chi connectivity index (χ0v) is 13.4. The van der Waals surface area contributed by atoms with Crippen LogP contribution in [0.4, 0.5) is 0 Å². The Bertz CT molecular complexity index is 518. The molecule has 21 heavy (non-hydrogen) atoms. The van der Waals surface area contributed by atoms with Crippen molar-refractivity contribution in [3.05, 3.63) is 0 Å². The molecule has 5 nitrogen and oxygen atoms in total. The molecule has 0 bridgehead atoms. The third-order valence-corrected chi connectivity index (χ3v) is 7.49. The number of aliphatic carboxylic acids is 1. The maximum Gasteiger partial charge on any atom is 0.321 e. The molecular weight excluding hydrogens is 290 g/mol. The van der Waals surface area contributed by atoms with Crippen molar-refractivity contribution in [1.82, 2.24) is 4.90 Å². The standard InChI is InChI=1S/C15H25NO4S/c1-21(19,20)12-6-3-5-11(8-12)16-9-10-4-2-7-13(10)14(16)15(17)18/h10-14H,2-9H2,1H3,(H,17,18). The van der Waals surface area contributed by atoms with Crippen LogP contribution < -0.4 is 0 Å². The van der Waals surface area contributed by atoms with Crippen LogP contribution in [0.25, 0.3) is 0 Å². The molecule has 0 aromatic heterocycles. The quantitative estimate of drug-likeness (QED) is 0.855. The van der Waals surface area contributed by atoms with Crippen molar-refractivity contribution in [1.29, 1.82) is 0 Å². The van der Waals surface area contributed by atoms with Gasteiger partial charge >= 0.3 is 5.97 Å². The van der Waals surface area contributed by atoms with Crippen molar-refractivity contribution < 1.29 is 18.3 Å². The second-order valence-electron chi connectivity index (χ2n) is 7.11. The van der Waals surface area contributed by atoms with Gasteiger partial charge in [-0.2, -0.15) is 0 Å². The number of hydrogen-bond donors (Lipinski definition) is 1. The Hall–Kier alpha value is -0.620. The summed E-state index contributed by atoms with van der Waals surface area (Å²) in [6.07, 6.45) is 7.77. The molecule has 1 saturated heterocycles. The van der Waals surface area contributed by atoms with Gasteiger partial charge in [-0.3, -0.25) is 9.69 Å². The topological polar surface area (TPSA) is 74.7 Å². The van der Waals surface area contributed by atoms with E-state index in [0.29, 0.717) is 12.3 Å². The molecule has 0 aromatic carbocycles. The van der Waals surface area contributed by atoms with E-state index in [1.807, 2.05) is 0 Å². The highest BCUT2D eigenvalue weighted by molar-refractivity contribution is 7.91. The normalized spacial score (nSPS) is 41.1. The number of fused-ring (bicyclic) bond motifs is 1. The SMILES string of the molecule is CS(=O)(=O)C1CCCC(N2CC3CCCC3C2C(=O)O)C1. The molecule has 1 aliphatic heterocycles. The van der Waals surface area contributed by atoms with E-state index in [2.05, 4.69) is 4.90 Å². The summed E-state index contributed by atoms with van der Waals surface area (Å²) in [6, 6.07) is -0.258. The summed E-state index contributed by atoms with van der Waals surface area (Å²) < 4.78 is 23.6. The monoisotopic (exact) mass is 315 g/mol. The first-order valence-electron chi connectivity index (χ1n) is 8.05. The fourth-order valence-corrected chi connectivity index (χ4v) is 6.02. The molecule has 1 heterocycles. The molecule has 120 valence electrons. The van der Waals surface area contributed by atoms with Crippen molar-refractivity contribution in [3.8, 4) is 0 Å². The van der Waals surface area contributed by atoms with Crippen molar-refractivity contribution in [2.75, 3.05) is 12.8 Å². The average molecular weight is 315 g/mol. The zero-order valence-electron chi connectivity index (χ0n) is 12.6. The van der Waals surface area contributed by atoms with Crippen LogP contribution in [0, 0.1) is 11.8 Å². The van der Waals surface area contributed by atoms with Crippen LogP contribution in [0.3, 0.4) is 0 Å². The maximum atomic E-state index is 11.8. The first kappa shape index (κ1) is 15.3. The highest BCUT2D eigenvalue weighted by Gasteiger charge is 2.50. The van der Waals surface area contributed by atoms with Crippen molar-refractivity contribution in [2.45, 2.75) is 62.3 Å². The molecule has 6 heteroatoms. The van der Waals surface area contributed by atoms with Crippen LogP contribution in [-0.4, -0.2) is 54.5 Å². The predicted octanol–water partition coefficient (Wildman–Crippen LogP) is 1.53. The van der Waals surface area contributed by atoms with E-state index >= 15 is 0 Å². The van der Waals surface area contributed by atoms with Gasteiger partial charge in [0.05, 0.1) is 5.25 Å². The number of rotatable bonds is 3. The lowest BCUT2D eigenvalue weighted by Crippen LogP contribution is -2.48. The second kappa shape index (κ2) is 5.54. The minimum Gasteiger partial charge on any atom is -0.480 e. The second-order valence-corrected chi connectivity index (χ2v) is 9.43. The fraction of sp³-hybridized carbons (Fsp3) is 0.933. The van der Waals surface area contributed by atoms with Gasteiger partial charge in [0, 0.05) is 18.8 Å². The minimum atomic E-state index is -3.02. The van der Waals surface area contributed by atoms with Gasteiger partial charge in [0.25, 0.3) is 0 Å². The molecule has 0 radical (unpaired) electrons. The lowest BCUT2D eigenvalue weighted by atomic mass is 9.91. The number of hydrogen-bond acceptors (Lipinski definition) is 4. The maximum absolute atomic E-state index is 11.8. The van der Waals surface area contributed by atoms with Crippen LogP contribution in [0.2, 0.25) is 0 Å². The van der Waals surface area contributed by atoms with E-state index < -0.39 is 15.8 Å². The van der Waals surface area contributed by atoms with Crippen LogP contribution >= 0.6 is 0 Å². The van der Waals surface area contributed by atoms with Crippen molar-refractivity contribution >= 4 is 15.8 Å². The summed E-state index contributed by atoms with van der Waals surface area (Å²) in [4.78, 5) is 13.8. The largest absolute Gasteiger partial charge is 0.480 e. The molecule has 3 rings (SSSR count). The number of nitrogens with zero attached hydrogens (tertiary/aromatic N) is 1. The first-order valence-corrected chi connectivity index (χ1v) is 10.0. The van der Waals surface area contributed by atoms with E-state index in [4.69, 9.17) is 0 Å². The predicted molar refractivity (Wildman–Crippen MR) is 79.8 cm³/mol. The third-order valence-electron chi connectivity index (χ3n) is 5.85. The van der Waals surface area contributed by atoms with E-state index in [0.717, 1.165) is 45.1 Å². The number of carbonyl (C=O) groups is 1. The van der Waals surface area contributed by atoms with E-state index in [-0.39, 0.29) is 23.3 Å². The Morgan fingerprint density at radius 2 is 1.86 bits per heavy atom. The molecule has 2 aliphatic carbocycles. The summed E-state index contributed by atoms with van der Waals surface area (Å²) in [5, 5.41) is 9.34. The third kappa shape index (κ3) is 2.84. The van der Waals surface area contributed by atoms with E-state index in [1.54, 1.807) is 0 Å². The molecule has 0 amide bonds. The van der Waals surface area contributed by atoms with Crippen LogP contribution in [0.5, 0.6) is 0 Å². The number of carboxylic acids is 1. The molecule has 1 N–H and O–H groups in total. The van der Waals surface area contributed by atoms with E-state index in [1.165, 1.54) is 6.26 Å². The average Bonchev–Trinajstić information content (AvgIpc) is 2.97. The van der Waals surface area contributed by atoms with Crippen LogP contribution in [-0.2, 0) is 14.6 Å². The summed E-state index contributed by atoms with van der Waals surface area (Å²) in [6.45, 7) is 0.850. The van der Waals surface area contributed by atoms with Gasteiger partial charge in [-0.25, -0.2) is 8.42 Å². The van der Waals surface area contributed by atoms with Gasteiger partial charge in [-0.05, 0) is 43.9 Å². The van der Waals surface area contributed by atoms with Crippen LogP contribution in [0.1, 0.15) is 44.9 Å². The molecule has 3 aliphatic rings. The lowest BCUT2D eigenvalue weighted by Gasteiger charge is -2.37. The smallest absolute Gasteiger partial charge is 0.321 e. The molecule has 0 aromatic rings. The minimum absolute atomic E-state index is 0.130. The van der Waals surface area contributed by atoms with Crippen molar-refractivity contribution in [2.24, 2.45) is 11.8 Å². The number of carboxylic acid groups (broad SMARTS) is 1. The molecule has 3 fully saturated rings. The van der Waals surface area contributed by atoms with Gasteiger partial charge < -0.3 is 5.11 Å². The Kier molecular flexibility index (Phi) is 4.03. The molecule has 0 spiro atoms. The molecule has 5 atom stereocenters. The first-order chi connectivity index (χ1) is 9.88. The van der Waals surface area contributed by atoms with Gasteiger partial charge in [0.1, 0.15) is 15.9 Å². The lowest BCUT2D eigenvalue weighted by molar-refractivity contribution is -0.144. The molecule has 5 unspecified atom stereocenters. The van der Waals surface area contributed by atoms with Gasteiger partial charge in [0.15, 0.2) is 0 Å². The Morgan fingerprint density at radius 1 is 1.14 bits per heavy atom. The Morgan fingerprint density at radius 3 is 2.52 bits per heavy atom. The van der Waals surface area contributed by atoms with Gasteiger partial charge in [-0.1, -0.05) is 12.8 Å². The number of likely N-dealkylation sites (tertiary alicyclic amines) is 1. The van der Waals surface area contributed by atoms with E-state index in [9.17, 15) is 18.3 Å². The molecule has 2 saturated carbocycles. The highest BCUT2D eigenvalue weighted by atomic mass is 32.2. The summed E-state index contributed by atoms with van der Waals surface area (Å²) in [5.41, 5.74) is 0. The van der Waals surface area contributed by atoms with Crippen LogP contribution in [0.15, 0.2) is 0 Å². The summed E-state index contributed by atoms with van der Waals surface area (Å²) in [7, 11) is -3.02.